The molecule has 2 atom stereocenters. The van der Waals surface area contributed by atoms with Crippen molar-refractivity contribution in [2.24, 2.45) is 0 Å². The lowest BCUT2D eigenvalue weighted by Gasteiger charge is -2.22. The molecule has 1 aromatic carbocycles. The number of rotatable bonds is 8. The van der Waals surface area contributed by atoms with Crippen molar-refractivity contribution in [1.82, 2.24) is 10.2 Å². The van der Waals surface area contributed by atoms with Crippen LogP contribution in [-0.4, -0.2) is 43.3 Å². The third-order valence-corrected chi connectivity index (χ3v) is 3.56. The van der Waals surface area contributed by atoms with Crippen LogP contribution in [0.15, 0.2) is 24.3 Å². The highest BCUT2D eigenvalue weighted by Gasteiger charge is 2.11. The second-order valence-electron chi connectivity index (χ2n) is 5.13. The van der Waals surface area contributed by atoms with Crippen molar-refractivity contribution >= 4 is 11.6 Å². The van der Waals surface area contributed by atoms with Gasteiger partial charge in [0.25, 0.3) is 0 Å². The predicted octanol–water partition coefficient (Wildman–Crippen LogP) is 2.69. The highest BCUT2D eigenvalue weighted by molar-refractivity contribution is 6.30. The van der Waals surface area contributed by atoms with E-state index in [-0.39, 0.29) is 6.10 Å². The second kappa shape index (κ2) is 8.54. The summed E-state index contributed by atoms with van der Waals surface area (Å²) in [4.78, 5) is 2.25. The first kappa shape index (κ1) is 16.4. The number of hydrogen-bond acceptors (Lipinski definition) is 3. The molecule has 108 valence electrons. The molecule has 0 aliphatic carbocycles. The van der Waals surface area contributed by atoms with Crippen LogP contribution in [-0.2, 0) is 0 Å². The lowest BCUT2D eigenvalue weighted by atomic mass is 10.0. The Balaban J connectivity index is 2.44. The standard InChI is InChI=1S/C15H25ClN2O/c1-12(19)7-9-18(3)10-8-15(17-2)13-5-4-6-14(16)11-13/h4-6,11-12,15,17,19H,7-10H2,1-3H3. The van der Waals surface area contributed by atoms with Crippen molar-refractivity contribution in [2.75, 3.05) is 27.2 Å². The fourth-order valence-corrected chi connectivity index (χ4v) is 2.27. The highest BCUT2D eigenvalue weighted by atomic mass is 35.5. The molecule has 0 saturated heterocycles. The molecule has 0 spiro atoms. The summed E-state index contributed by atoms with van der Waals surface area (Å²) in [5, 5.41) is 13.4. The third kappa shape index (κ3) is 6.39. The number of hydrogen-bond donors (Lipinski definition) is 2. The molecule has 0 heterocycles. The average Bonchev–Trinajstić information content (AvgIpc) is 2.37. The van der Waals surface area contributed by atoms with Gasteiger partial charge in [-0.25, -0.2) is 0 Å². The Hall–Kier alpha value is -0.610. The maximum Gasteiger partial charge on any atom is 0.0524 e. The van der Waals surface area contributed by atoms with Crippen molar-refractivity contribution < 1.29 is 5.11 Å². The van der Waals surface area contributed by atoms with Gasteiger partial charge in [-0.05, 0) is 58.1 Å². The third-order valence-electron chi connectivity index (χ3n) is 3.33. The van der Waals surface area contributed by atoms with Crippen LogP contribution in [0.25, 0.3) is 0 Å². The van der Waals surface area contributed by atoms with Crippen molar-refractivity contribution in [3.8, 4) is 0 Å². The van der Waals surface area contributed by atoms with Crippen molar-refractivity contribution in [3.05, 3.63) is 34.9 Å². The number of nitrogens with one attached hydrogen (secondary N) is 1. The maximum absolute atomic E-state index is 9.28. The zero-order chi connectivity index (χ0) is 14.3. The molecule has 0 radical (unpaired) electrons. The average molecular weight is 285 g/mol. The first-order chi connectivity index (χ1) is 9.02. The Morgan fingerprint density at radius 3 is 2.58 bits per heavy atom. The van der Waals surface area contributed by atoms with Crippen molar-refractivity contribution in [2.45, 2.75) is 31.9 Å². The summed E-state index contributed by atoms with van der Waals surface area (Å²) in [6.07, 6.45) is 1.61. The quantitative estimate of drug-likeness (QED) is 0.770. The number of benzene rings is 1. The van der Waals surface area contributed by atoms with E-state index in [1.165, 1.54) is 5.56 Å². The molecule has 0 saturated carbocycles. The van der Waals surface area contributed by atoms with Gasteiger partial charge in [0.05, 0.1) is 6.10 Å². The van der Waals surface area contributed by atoms with Crippen LogP contribution in [0.2, 0.25) is 5.02 Å². The molecule has 4 heteroatoms. The van der Waals surface area contributed by atoms with Gasteiger partial charge in [-0.2, -0.15) is 0 Å². The second-order valence-corrected chi connectivity index (χ2v) is 5.56. The van der Waals surface area contributed by atoms with E-state index < -0.39 is 0 Å². The minimum Gasteiger partial charge on any atom is -0.393 e. The zero-order valence-corrected chi connectivity index (χ0v) is 12.8. The molecule has 0 aliphatic rings. The van der Waals surface area contributed by atoms with Crippen LogP contribution >= 0.6 is 11.6 Å². The fourth-order valence-electron chi connectivity index (χ4n) is 2.07. The molecular weight excluding hydrogens is 260 g/mol. The van der Waals surface area contributed by atoms with E-state index >= 15 is 0 Å². The van der Waals surface area contributed by atoms with Crippen LogP contribution in [0.5, 0.6) is 0 Å². The number of nitrogens with zero attached hydrogens (tertiary/aromatic N) is 1. The Morgan fingerprint density at radius 2 is 2.00 bits per heavy atom. The normalized spacial score (nSPS) is 14.6. The van der Waals surface area contributed by atoms with Crippen LogP contribution in [0.3, 0.4) is 0 Å². The van der Waals surface area contributed by atoms with Gasteiger partial charge in [0.1, 0.15) is 0 Å². The Kier molecular flexibility index (Phi) is 7.39. The van der Waals surface area contributed by atoms with Gasteiger partial charge in [0, 0.05) is 17.6 Å². The van der Waals surface area contributed by atoms with Gasteiger partial charge in [0.15, 0.2) is 0 Å². The number of aliphatic hydroxyl groups excluding tert-OH is 1. The fraction of sp³-hybridized carbons (Fsp3) is 0.600. The molecular formula is C15H25ClN2O. The van der Waals surface area contributed by atoms with E-state index in [0.717, 1.165) is 31.0 Å². The largest absolute Gasteiger partial charge is 0.393 e. The van der Waals surface area contributed by atoms with Gasteiger partial charge >= 0.3 is 0 Å². The molecule has 0 bridgehead atoms. The van der Waals surface area contributed by atoms with E-state index in [4.69, 9.17) is 11.6 Å². The molecule has 0 aliphatic heterocycles. The predicted molar refractivity (Wildman–Crippen MR) is 81.7 cm³/mol. The van der Waals surface area contributed by atoms with Crippen molar-refractivity contribution in [1.29, 1.82) is 0 Å². The topological polar surface area (TPSA) is 35.5 Å². The molecule has 0 fully saturated rings. The Bertz CT molecular complexity index is 371. The molecule has 2 unspecified atom stereocenters. The van der Waals surface area contributed by atoms with Crippen LogP contribution < -0.4 is 5.32 Å². The molecule has 3 nitrogen and oxygen atoms in total. The van der Waals surface area contributed by atoms with E-state index in [9.17, 15) is 5.11 Å². The summed E-state index contributed by atoms with van der Waals surface area (Å²) in [6, 6.07) is 8.31. The zero-order valence-electron chi connectivity index (χ0n) is 12.1. The Labute approximate surface area is 121 Å². The van der Waals surface area contributed by atoms with Crippen LogP contribution in [0.4, 0.5) is 0 Å². The van der Waals surface area contributed by atoms with Gasteiger partial charge in [-0.1, -0.05) is 23.7 Å². The minimum atomic E-state index is -0.226. The summed E-state index contributed by atoms with van der Waals surface area (Å²) in [5.41, 5.74) is 1.22. The van der Waals surface area contributed by atoms with E-state index in [0.29, 0.717) is 6.04 Å². The summed E-state index contributed by atoms with van der Waals surface area (Å²) in [5.74, 6) is 0. The smallest absolute Gasteiger partial charge is 0.0524 e. The molecule has 2 N–H and O–H groups in total. The lowest BCUT2D eigenvalue weighted by molar-refractivity contribution is 0.163. The lowest BCUT2D eigenvalue weighted by Crippen LogP contribution is -2.27. The summed E-state index contributed by atoms with van der Waals surface area (Å²) in [6.45, 7) is 3.74. The molecule has 1 rings (SSSR count). The monoisotopic (exact) mass is 284 g/mol. The van der Waals surface area contributed by atoms with Crippen LogP contribution in [0.1, 0.15) is 31.4 Å². The number of aliphatic hydroxyl groups is 1. The Morgan fingerprint density at radius 1 is 1.32 bits per heavy atom. The summed E-state index contributed by atoms with van der Waals surface area (Å²) < 4.78 is 0. The summed E-state index contributed by atoms with van der Waals surface area (Å²) in [7, 11) is 4.06. The number of halogens is 1. The maximum atomic E-state index is 9.28. The van der Waals surface area contributed by atoms with Gasteiger partial charge in [-0.15, -0.1) is 0 Å². The molecule has 0 aromatic heterocycles. The van der Waals surface area contributed by atoms with Gasteiger partial charge in [-0.3, -0.25) is 0 Å². The minimum absolute atomic E-state index is 0.226. The van der Waals surface area contributed by atoms with E-state index in [1.807, 2.05) is 32.2 Å². The first-order valence-corrected chi connectivity index (χ1v) is 7.20. The highest BCUT2D eigenvalue weighted by Crippen LogP contribution is 2.20. The SMILES string of the molecule is CNC(CCN(C)CCC(C)O)c1cccc(Cl)c1. The molecule has 0 amide bonds. The first-order valence-electron chi connectivity index (χ1n) is 6.82. The molecule has 19 heavy (non-hydrogen) atoms. The van der Waals surface area contributed by atoms with Crippen molar-refractivity contribution in [3.63, 3.8) is 0 Å². The van der Waals surface area contributed by atoms with E-state index in [1.54, 1.807) is 0 Å². The van der Waals surface area contributed by atoms with Gasteiger partial charge < -0.3 is 15.3 Å². The van der Waals surface area contributed by atoms with E-state index in [2.05, 4.69) is 23.3 Å². The molecule has 1 aromatic rings. The van der Waals surface area contributed by atoms with Gasteiger partial charge in [0.2, 0.25) is 0 Å². The summed E-state index contributed by atoms with van der Waals surface area (Å²) >= 11 is 6.03. The van der Waals surface area contributed by atoms with Crippen LogP contribution in [0, 0.1) is 0 Å².